The lowest BCUT2D eigenvalue weighted by Crippen LogP contribution is -2.39. The number of amides is 1. The van der Waals surface area contributed by atoms with Crippen LogP contribution < -0.4 is 26.4 Å². The Balaban J connectivity index is 1.56. The number of aryl methyl sites for hydroxylation is 3. The number of carbonyl (C=O) groups excluding carboxylic acids is 2. The van der Waals surface area contributed by atoms with Crippen molar-refractivity contribution in [3.8, 4) is 0 Å². The van der Waals surface area contributed by atoms with Crippen LogP contribution in [-0.2, 0) is 11.3 Å². The van der Waals surface area contributed by atoms with Crippen LogP contribution in [0.15, 0.2) is 44.3 Å². The molecule has 2 heterocycles. The van der Waals surface area contributed by atoms with Gasteiger partial charge in [-0.3, -0.25) is 14.4 Å². The molecule has 5 rings (SSSR count). The minimum atomic E-state index is -0.889. The molecule has 43 heavy (non-hydrogen) atoms. The molecule has 1 aliphatic rings. The van der Waals surface area contributed by atoms with E-state index in [9.17, 15) is 19.2 Å². The molecule has 1 aliphatic heterocycles. The highest BCUT2D eigenvalue weighted by atomic mass is 35.5. The molecule has 224 valence electrons. The van der Waals surface area contributed by atoms with E-state index < -0.39 is 40.0 Å². The zero-order valence-corrected chi connectivity index (χ0v) is 25.6. The summed E-state index contributed by atoms with van der Waals surface area (Å²) >= 11 is 6.40. The van der Waals surface area contributed by atoms with E-state index in [1.807, 2.05) is 40.7 Å². The number of esters is 1. The van der Waals surface area contributed by atoms with Crippen LogP contribution in [0.1, 0.15) is 75.7 Å². The topological polar surface area (TPSA) is 118 Å². The Hall–Kier alpha value is -4.44. The predicted octanol–water partition coefficient (Wildman–Crippen LogP) is 6.48. The summed E-state index contributed by atoms with van der Waals surface area (Å²) in [4.78, 5) is 53.3. The first-order chi connectivity index (χ1) is 20.1. The van der Waals surface area contributed by atoms with Gasteiger partial charge in [0.25, 0.3) is 16.8 Å². The van der Waals surface area contributed by atoms with Crippen LogP contribution in [0, 0.1) is 32.0 Å². The average Bonchev–Trinajstić information content (AvgIpc) is 3.46. The van der Waals surface area contributed by atoms with Gasteiger partial charge in [-0.15, -0.1) is 0 Å². The van der Waals surface area contributed by atoms with Crippen molar-refractivity contribution in [2.75, 3.05) is 22.6 Å². The number of benzene rings is 2. The number of halogens is 2. The highest BCUT2D eigenvalue weighted by Crippen LogP contribution is 2.42. The number of furan rings is 1. The molecule has 0 aliphatic carbocycles. The van der Waals surface area contributed by atoms with Crippen LogP contribution in [0.3, 0.4) is 0 Å². The van der Waals surface area contributed by atoms with Gasteiger partial charge < -0.3 is 24.7 Å². The SMILES string of the molecule is COC(=O)c1ccc(C)cc1N1Cc2c(Cl)cc(F)c(Nc3c(N[C@@H](c4cc(C)c(C)o4)C(C)(C)C)c(=O)c3=O)c2C1=O. The van der Waals surface area contributed by atoms with Crippen molar-refractivity contribution in [1.29, 1.82) is 0 Å². The smallest absolute Gasteiger partial charge is 0.339 e. The summed E-state index contributed by atoms with van der Waals surface area (Å²) in [5.41, 5.74) is -0.313. The Kier molecular flexibility index (Phi) is 7.46. The molecule has 9 nitrogen and oxygen atoms in total. The molecular formula is C32H31ClFN3O6. The molecule has 0 radical (unpaired) electrons. The van der Waals surface area contributed by atoms with Crippen LogP contribution in [0.5, 0.6) is 0 Å². The molecule has 2 N–H and O–H groups in total. The number of carbonyl (C=O) groups is 2. The largest absolute Gasteiger partial charge is 0.465 e. The van der Waals surface area contributed by atoms with Crippen molar-refractivity contribution in [2.24, 2.45) is 5.41 Å². The third kappa shape index (κ3) is 5.09. The number of rotatable bonds is 7. The molecular weight excluding hydrogens is 577 g/mol. The lowest BCUT2D eigenvalue weighted by atomic mass is 9.84. The van der Waals surface area contributed by atoms with Crippen LogP contribution in [0.25, 0.3) is 0 Å². The van der Waals surface area contributed by atoms with Crippen molar-refractivity contribution in [2.45, 2.75) is 54.1 Å². The van der Waals surface area contributed by atoms with E-state index in [4.69, 9.17) is 20.8 Å². The lowest BCUT2D eigenvalue weighted by Gasteiger charge is -2.31. The molecule has 0 saturated heterocycles. The predicted molar refractivity (Wildman–Crippen MR) is 163 cm³/mol. The van der Waals surface area contributed by atoms with E-state index in [0.717, 1.165) is 23.0 Å². The van der Waals surface area contributed by atoms with E-state index in [-0.39, 0.29) is 45.4 Å². The fourth-order valence-corrected chi connectivity index (χ4v) is 5.51. The van der Waals surface area contributed by atoms with Crippen molar-refractivity contribution in [1.82, 2.24) is 0 Å². The quantitative estimate of drug-likeness (QED) is 0.181. The summed E-state index contributed by atoms with van der Waals surface area (Å²) in [5, 5.41) is 5.87. The van der Waals surface area contributed by atoms with Gasteiger partial charge in [-0.25, -0.2) is 9.18 Å². The van der Waals surface area contributed by atoms with Gasteiger partial charge in [0.15, 0.2) is 0 Å². The number of ether oxygens (including phenoxy) is 1. The summed E-state index contributed by atoms with van der Waals surface area (Å²) < 4.78 is 26.4. The Morgan fingerprint density at radius 2 is 1.72 bits per heavy atom. The van der Waals surface area contributed by atoms with Gasteiger partial charge in [-0.05, 0) is 61.6 Å². The number of anilines is 4. The highest BCUT2D eigenvalue weighted by molar-refractivity contribution is 6.33. The summed E-state index contributed by atoms with van der Waals surface area (Å²) in [5.74, 6) is -0.883. The average molecular weight is 608 g/mol. The number of hydrogen-bond acceptors (Lipinski definition) is 8. The monoisotopic (exact) mass is 607 g/mol. The minimum Gasteiger partial charge on any atom is -0.465 e. The zero-order valence-electron chi connectivity index (χ0n) is 24.8. The number of nitrogens with zero attached hydrogens (tertiary/aromatic N) is 1. The van der Waals surface area contributed by atoms with Crippen LogP contribution >= 0.6 is 11.6 Å². The second-order valence-corrected chi connectivity index (χ2v) is 12.2. The van der Waals surface area contributed by atoms with E-state index in [1.165, 1.54) is 12.0 Å². The summed E-state index contributed by atoms with van der Waals surface area (Å²) in [6.45, 7) is 11.3. The molecule has 0 unspecified atom stereocenters. The summed E-state index contributed by atoms with van der Waals surface area (Å²) in [7, 11) is 1.23. The Morgan fingerprint density at radius 1 is 1.05 bits per heavy atom. The normalized spacial score (nSPS) is 13.8. The number of fused-ring (bicyclic) bond motifs is 1. The van der Waals surface area contributed by atoms with Crippen molar-refractivity contribution in [3.05, 3.63) is 101 Å². The van der Waals surface area contributed by atoms with Crippen LogP contribution in [-0.4, -0.2) is 19.0 Å². The zero-order chi connectivity index (χ0) is 31.5. The molecule has 0 saturated carbocycles. The number of methoxy groups -OCH3 is 1. The molecule has 11 heteroatoms. The molecule has 0 fully saturated rings. The molecule has 3 aromatic carbocycles. The molecule has 1 amide bonds. The van der Waals surface area contributed by atoms with Crippen LogP contribution in [0.2, 0.25) is 5.02 Å². The first kappa shape index (κ1) is 30.0. The van der Waals surface area contributed by atoms with Crippen molar-refractivity contribution in [3.63, 3.8) is 0 Å². The van der Waals surface area contributed by atoms with E-state index >= 15 is 4.39 Å². The second-order valence-electron chi connectivity index (χ2n) is 11.8. The molecule has 0 spiro atoms. The first-order valence-electron chi connectivity index (χ1n) is 13.6. The maximum atomic E-state index is 15.5. The lowest BCUT2D eigenvalue weighted by molar-refractivity contribution is 0.0601. The fraction of sp³-hybridized carbons (Fsp3) is 0.312. The van der Waals surface area contributed by atoms with Gasteiger partial charge in [-0.2, -0.15) is 0 Å². The van der Waals surface area contributed by atoms with Gasteiger partial charge in [-0.1, -0.05) is 38.4 Å². The summed E-state index contributed by atoms with van der Waals surface area (Å²) in [6, 6.07) is 7.30. The second kappa shape index (κ2) is 10.7. The number of hydrogen-bond donors (Lipinski definition) is 2. The summed E-state index contributed by atoms with van der Waals surface area (Å²) in [6.07, 6.45) is 0. The number of nitrogens with one attached hydrogen (secondary N) is 2. The molecule has 1 aromatic heterocycles. The maximum absolute atomic E-state index is 15.5. The van der Waals surface area contributed by atoms with Gasteiger partial charge >= 0.3 is 5.97 Å². The molecule has 0 bridgehead atoms. The molecule has 4 aromatic rings. The van der Waals surface area contributed by atoms with Gasteiger partial charge in [0.2, 0.25) is 0 Å². The third-order valence-electron chi connectivity index (χ3n) is 7.74. The van der Waals surface area contributed by atoms with Gasteiger partial charge in [0, 0.05) is 10.6 Å². The molecule has 1 atom stereocenters. The van der Waals surface area contributed by atoms with E-state index in [2.05, 4.69) is 10.6 Å². The Morgan fingerprint density at radius 3 is 2.33 bits per heavy atom. The minimum absolute atomic E-state index is 0.000803. The Labute approximate surface area is 252 Å². The van der Waals surface area contributed by atoms with Crippen LogP contribution in [0.4, 0.5) is 27.1 Å². The fourth-order valence-electron chi connectivity index (χ4n) is 5.26. The maximum Gasteiger partial charge on any atom is 0.339 e. The van der Waals surface area contributed by atoms with Crippen molar-refractivity contribution < 1.29 is 23.1 Å². The highest BCUT2D eigenvalue weighted by Gasteiger charge is 2.38. The van der Waals surface area contributed by atoms with E-state index in [1.54, 1.807) is 25.1 Å². The standard InChI is InChI=1S/C32H31ClFN3O6/c1-14-8-9-17(31(41)42-7)21(10-14)37-13-18-19(33)12-20(34)24(23(18)30(37)40)35-25-26(28(39)27(25)38)36-29(32(4,5)6)22-11-15(2)16(3)43-22/h8-12,29,35-36H,13H2,1-7H3/t29-/m0/s1. The van der Waals surface area contributed by atoms with Crippen molar-refractivity contribution >= 4 is 46.2 Å². The third-order valence-corrected chi connectivity index (χ3v) is 8.08. The Bertz CT molecular complexity index is 1860. The van der Waals surface area contributed by atoms with Gasteiger partial charge in [0.05, 0.1) is 42.2 Å². The first-order valence-corrected chi connectivity index (χ1v) is 14.0. The van der Waals surface area contributed by atoms with E-state index in [0.29, 0.717) is 11.3 Å². The van der Waals surface area contributed by atoms with Gasteiger partial charge in [0.1, 0.15) is 28.7 Å².